The largest absolute Gasteiger partial charge is 0.497 e. The summed E-state index contributed by atoms with van der Waals surface area (Å²) in [7, 11) is 3.22. The van der Waals surface area contributed by atoms with Gasteiger partial charge >= 0.3 is 0 Å². The molecule has 0 bridgehead atoms. The minimum Gasteiger partial charge on any atom is -0.497 e. The number of nitrogens with two attached hydrogens (primary N) is 1. The van der Waals surface area contributed by atoms with E-state index in [0.29, 0.717) is 5.75 Å². The minimum absolute atomic E-state index is 0.233. The van der Waals surface area contributed by atoms with E-state index in [-0.39, 0.29) is 11.9 Å². The second-order valence-corrected chi connectivity index (χ2v) is 5.58. The summed E-state index contributed by atoms with van der Waals surface area (Å²) in [6, 6.07) is 11.8. The van der Waals surface area contributed by atoms with Gasteiger partial charge in [0.25, 0.3) is 0 Å². The van der Waals surface area contributed by atoms with E-state index >= 15 is 0 Å². The number of hydrogen-bond acceptors (Lipinski definition) is 4. The third-order valence-electron chi connectivity index (χ3n) is 3.06. The summed E-state index contributed by atoms with van der Waals surface area (Å²) in [6.07, 6.45) is 0. The van der Waals surface area contributed by atoms with Crippen molar-refractivity contribution >= 4 is 11.8 Å². The normalized spacial score (nSPS) is 12.0. The van der Waals surface area contributed by atoms with Crippen molar-refractivity contribution in [2.75, 3.05) is 20.0 Å². The summed E-state index contributed by atoms with van der Waals surface area (Å²) < 4.78 is 23.7. The molecule has 0 heterocycles. The lowest BCUT2D eigenvalue weighted by molar-refractivity contribution is 0.396. The zero-order valence-corrected chi connectivity index (χ0v) is 12.8. The second kappa shape index (κ2) is 7.33. The van der Waals surface area contributed by atoms with Crippen molar-refractivity contribution in [1.29, 1.82) is 0 Å². The molecule has 0 saturated heterocycles. The van der Waals surface area contributed by atoms with E-state index in [1.54, 1.807) is 20.3 Å². The average Bonchev–Trinajstić information content (AvgIpc) is 2.52. The van der Waals surface area contributed by atoms with Crippen LogP contribution in [0.15, 0.2) is 47.4 Å². The van der Waals surface area contributed by atoms with Crippen molar-refractivity contribution in [3.05, 3.63) is 53.8 Å². The summed E-state index contributed by atoms with van der Waals surface area (Å²) in [5.41, 5.74) is 7.11. The first kappa shape index (κ1) is 15.7. The van der Waals surface area contributed by atoms with Gasteiger partial charge in [0.05, 0.1) is 14.2 Å². The van der Waals surface area contributed by atoms with Gasteiger partial charge in [-0.3, -0.25) is 0 Å². The van der Waals surface area contributed by atoms with E-state index in [1.165, 1.54) is 23.9 Å². The van der Waals surface area contributed by atoms with Gasteiger partial charge in [0.15, 0.2) is 0 Å². The molecule has 2 aromatic rings. The summed E-state index contributed by atoms with van der Waals surface area (Å²) >= 11 is 1.51. The van der Waals surface area contributed by atoms with Crippen LogP contribution in [0.2, 0.25) is 0 Å². The summed E-state index contributed by atoms with van der Waals surface area (Å²) in [5, 5.41) is 0. The molecule has 2 N–H and O–H groups in total. The first-order chi connectivity index (χ1) is 10.1. The van der Waals surface area contributed by atoms with E-state index < -0.39 is 0 Å². The Morgan fingerprint density at radius 1 is 1.14 bits per heavy atom. The molecule has 3 nitrogen and oxygen atoms in total. The van der Waals surface area contributed by atoms with Gasteiger partial charge in [-0.15, -0.1) is 11.8 Å². The predicted molar refractivity (Wildman–Crippen MR) is 83.6 cm³/mol. The smallest absolute Gasteiger partial charge is 0.124 e. The van der Waals surface area contributed by atoms with Gasteiger partial charge in [-0.25, -0.2) is 4.39 Å². The molecular weight excluding hydrogens is 289 g/mol. The number of benzene rings is 2. The van der Waals surface area contributed by atoms with Crippen molar-refractivity contribution in [2.24, 2.45) is 5.73 Å². The number of methoxy groups -OCH3 is 2. The Labute approximate surface area is 128 Å². The highest BCUT2D eigenvalue weighted by molar-refractivity contribution is 7.99. The van der Waals surface area contributed by atoms with Gasteiger partial charge in [0.1, 0.15) is 17.3 Å². The zero-order chi connectivity index (χ0) is 15.2. The third kappa shape index (κ3) is 4.12. The van der Waals surface area contributed by atoms with E-state index in [4.69, 9.17) is 15.2 Å². The molecule has 2 rings (SSSR count). The first-order valence-electron chi connectivity index (χ1n) is 6.50. The topological polar surface area (TPSA) is 44.5 Å². The van der Waals surface area contributed by atoms with Gasteiger partial charge in [0, 0.05) is 22.3 Å². The van der Waals surface area contributed by atoms with Gasteiger partial charge in [0.2, 0.25) is 0 Å². The Kier molecular flexibility index (Phi) is 5.47. The zero-order valence-electron chi connectivity index (χ0n) is 12.0. The fourth-order valence-electron chi connectivity index (χ4n) is 1.96. The Balaban J connectivity index is 2.10. The maximum absolute atomic E-state index is 13.2. The molecule has 5 heteroatoms. The summed E-state index contributed by atoms with van der Waals surface area (Å²) in [5.74, 6) is 1.83. The molecule has 21 heavy (non-hydrogen) atoms. The van der Waals surface area contributed by atoms with E-state index in [0.717, 1.165) is 22.0 Å². The Bertz CT molecular complexity index is 607. The second-order valence-electron chi connectivity index (χ2n) is 4.48. The highest BCUT2D eigenvalue weighted by Gasteiger charge is 2.14. The molecular formula is C16H18FNO2S. The molecule has 0 aliphatic rings. The standard InChI is InChI=1S/C16H18FNO2S/c1-19-12-6-7-16(20-2)14(9-12)15(18)10-21-13-5-3-4-11(17)8-13/h3-9,15H,10,18H2,1-2H3. The molecule has 0 aliphatic carbocycles. The van der Waals surface area contributed by atoms with Crippen LogP contribution in [0.25, 0.3) is 0 Å². The van der Waals surface area contributed by atoms with Crippen molar-refractivity contribution in [1.82, 2.24) is 0 Å². The van der Waals surface area contributed by atoms with Gasteiger partial charge in [-0.1, -0.05) is 6.07 Å². The Hall–Kier alpha value is -1.72. The summed E-state index contributed by atoms with van der Waals surface area (Å²) in [4.78, 5) is 0.854. The number of halogens is 1. The van der Waals surface area contributed by atoms with Gasteiger partial charge in [-0.05, 0) is 36.4 Å². The highest BCUT2D eigenvalue weighted by atomic mass is 32.2. The number of thioether (sulfide) groups is 1. The van der Waals surface area contributed by atoms with Crippen LogP contribution in [-0.2, 0) is 0 Å². The monoisotopic (exact) mass is 307 g/mol. The number of hydrogen-bond donors (Lipinski definition) is 1. The fourth-order valence-corrected chi connectivity index (χ4v) is 2.88. The lowest BCUT2D eigenvalue weighted by Crippen LogP contribution is -2.14. The SMILES string of the molecule is COc1ccc(OC)c(C(N)CSc2cccc(F)c2)c1. The van der Waals surface area contributed by atoms with Crippen LogP contribution >= 0.6 is 11.8 Å². The van der Waals surface area contributed by atoms with Crippen LogP contribution in [0.4, 0.5) is 4.39 Å². The van der Waals surface area contributed by atoms with Crippen LogP contribution < -0.4 is 15.2 Å². The van der Waals surface area contributed by atoms with Crippen LogP contribution in [0.1, 0.15) is 11.6 Å². The molecule has 0 radical (unpaired) electrons. The maximum Gasteiger partial charge on any atom is 0.124 e. The molecule has 112 valence electrons. The van der Waals surface area contributed by atoms with Gasteiger partial charge in [-0.2, -0.15) is 0 Å². The summed E-state index contributed by atoms with van der Waals surface area (Å²) in [6.45, 7) is 0. The van der Waals surface area contributed by atoms with Crippen LogP contribution in [-0.4, -0.2) is 20.0 Å². The molecule has 2 aromatic carbocycles. The lowest BCUT2D eigenvalue weighted by Gasteiger charge is -2.16. The van der Waals surface area contributed by atoms with Crippen LogP contribution in [0.5, 0.6) is 11.5 Å². The first-order valence-corrected chi connectivity index (χ1v) is 7.48. The van der Waals surface area contributed by atoms with E-state index in [2.05, 4.69) is 0 Å². The highest BCUT2D eigenvalue weighted by Crippen LogP contribution is 2.31. The van der Waals surface area contributed by atoms with E-state index in [1.807, 2.05) is 24.3 Å². The Morgan fingerprint density at radius 2 is 1.95 bits per heavy atom. The van der Waals surface area contributed by atoms with Crippen LogP contribution in [0, 0.1) is 5.82 Å². The van der Waals surface area contributed by atoms with Crippen molar-refractivity contribution in [3.63, 3.8) is 0 Å². The predicted octanol–water partition coefficient (Wildman–Crippen LogP) is 3.64. The lowest BCUT2D eigenvalue weighted by atomic mass is 10.1. The molecule has 0 amide bonds. The number of rotatable bonds is 6. The molecule has 0 fully saturated rings. The average molecular weight is 307 g/mol. The molecule has 0 aromatic heterocycles. The van der Waals surface area contributed by atoms with Crippen LogP contribution in [0.3, 0.4) is 0 Å². The maximum atomic E-state index is 13.2. The Morgan fingerprint density at radius 3 is 2.62 bits per heavy atom. The quantitative estimate of drug-likeness (QED) is 0.828. The van der Waals surface area contributed by atoms with Gasteiger partial charge < -0.3 is 15.2 Å². The third-order valence-corrected chi connectivity index (χ3v) is 4.18. The van der Waals surface area contributed by atoms with Crippen molar-refractivity contribution < 1.29 is 13.9 Å². The molecule has 0 saturated carbocycles. The van der Waals surface area contributed by atoms with Crippen molar-refractivity contribution in [2.45, 2.75) is 10.9 Å². The molecule has 0 aliphatic heterocycles. The van der Waals surface area contributed by atoms with Crippen molar-refractivity contribution in [3.8, 4) is 11.5 Å². The molecule has 0 spiro atoms. The fraction of sp³-hybridized carbons (Fsp3) is 0.250. The van der Waals surface area contributed by atoms with E-state index in [9.17, 15) is 4.39 Å². The molecule has 1 unspecified atom stereocenters. The molecule has 1 atom stereocenters. The minimum atomic E-state index is -0.243. The number of ether oxygens (including phenoxy) is 2.